The lowest BCUT2D eigenvalue weighted by Crippen LogP contribution is -2.11. The van der Waals surface area contributed by atoms with Gasteiger partial charge in [0.2, 0.25) is 0 Å². The number of benzene rings is 1. The molecule has 0 saturated heterocycles. The Labute approximate surface area is 89.7 Å². The van der Waals surface area contributed by atoms with Crippen molar-refractivity contribution in [3.8, 4) is 0 Å². The molecule has 0 fully saturated rings. The fourth-order valence-electron chi connectivity index (χ4n) is 1.71. The monoisotopic (exact) mass is 203 g/mol. The first-order valence-corrected chi connectivity index (χ1v) is 5.51. The summed E-state index contributed by atoms with van der Waals surface area (Å²) in [5.41, 5.74) is 8.12. The summed E-state index contributed by atoms with van der Waals surface area (Å²) in [4.78, 5) is 7.75. The summed E-state index contributed by atoms with van der Waals surface area (Å²) >= 11 is 0. The van der Waals surface area contributed by atoms with Crippen LogP contribution in [0.15, 0.2) is 24.3 Å². The predicted octanol–water partition coefficient (Wildman–Crippen LogP) is 2.75. The predicted molar refractivity (Wildman–Crippen MR) is 62.5 cm³/mol. The highest BCUT2D eigenvalue weighted by Gasteiger charge is 2.09. The van der Waals surface area contributed by atoms with E-state index in [4.69, 9.17) is 5.73 Å². The number of aromatic nitrogens is 2. The van der Waals surface area contributed by atoms with Gasteiger partial charge in [0, 0.05) is 0 Å². The summed E-state index contributed by atoms with van der Waals surface area (Å²) in [7, 11) is 0. The molecule has 2 rings (SSSR count). The second-order valence-electron chi connectivity index (χ2n) is 3.89. The van der Waals surface area contributed by atoms with Crippen molar-refractivity contribution in [2.45, 2.75) is 32.2 Å². The van der Waals surface area contributed by atoms with E-state index >= 15 is 0 Å². The third-order valence-corrected chi connectivity index (χ3v) is 2.63. The molecule has 0 saturated carbocycles. The van der Waals surface area contributed by atoms with E-state index in [-0.39, 0.29) is 6.04 Å². The lowest BCUT2D eigenvalue weighted by atomic mass is 10.1. The number of hydrogen-bond acceptors (Lipinski definition) is 2. The van der Waals surface area contributed by atoms with Gasteiger partial charge in [-0.25, -0.2) is 4.98 Å². The summed E-state index contributed by atoms with van der Waals surface area (Å²) in [6.45, 7) is 2.17. The van der Waals surface area contributed by atoms with E-state index < -0.39 is 0 Å². The highest BCUT2D eigenvalue weighted by atomic mass is 15.0. The van der Waals surface area contributed by atoms with Crippen molar-refractivity contribution in [2.24, 2.45) is 5.73 Å². The molecule has 0 bridgehead atoms. The average Bonchev–Trinajstić information content (AvgIpc) is 2.69. The number of aromatic amines is 1. The normalized spacial score (nSPS) is 13.2. The molecule has 2 aromatic rings. The Balaban J connectivity index is 2.20. The van der Waals surface area contributed by atoms with Crippen LogP contribution in [-0.4, -0.2) is 9.97 Å². The number of fused-ring (bicyclic) bond motifs is 1. The summed E-state index contributed by atoms with van der Waals surface area (Å²) in [6, 6.07) is 8.06. The fourth-order valence-corrected chi connectivity index (χ4v) is 1.71. The number of imidazole rings is 1. The molecule has 0 amide bonds. The Kier molecular flexibility index (Phi) is 3.02. The number of rotatable bonds is 4. The molecule has 0 radical (unpaired) electrons. The Morgan fingerprint density at radius 1 is 1.40 bits per heavy atom. The Bertz CT molecular complexity index is 400. The van der Waals surface area contributed by atoms with Gasteiger partial charge in [-0.15, -0.1) is 0 Å². The maximum Gasteiger partial charge on any atom is 0.124 e. The van der Waals surface area contributed by atoms with Gasteiger partial charge in [0.05, 0.1) is 17.1 Å². The van der Waals surface area contributed by atoms with Gasteiger partial charge in [-0.2, -0.15) is 0 Å². The lowest BCUT2D eigenvalue weighted by molar-refractivity contribution is 0.581. The molecule has 1 heterocycles. The van der Waals surface area contributed by atoms with Crippen molar-refractivity contribution in [1.29, 1.82) is 0 Å². The molecule has 1 aromatic heterocycles. The van der Waals surface area contributed by atoms with Crippen LogP contribution in [-0.2, 0) is 0 Å². The maximum atomic E-state index is 6.05. The van der Waals surface area contributed by atoms with Crippen molar-refractivity contribution >= 4 is 11.0 Å². The van der Waals surface area contributed by atoms with Crippen molar-refractivity contribution in [2.75, 3.05) is 0 Å². The molecule has 0 unspecified atom stereocenters. The minimum Gasteiger partial charge on any atom is -0.341 e. The van der Waals surface area contributed by atoms with Crippen LogP contribution in [0, 0.1) is 0 Å². The first-order chi connectivity index (χ1) is 7.31. The lowest BCUT2D eigenvalue weighted by Gasteiger charge is -2.06. The number of H-pyrrole nitrogens is 1. The number of nitrogens with one attached hydrogen (secondary N) is 1. The van der Waals surface area contributed by atoms with E-state index in [9.17, 15) is 0 Å². The summed E-state index contributed by atoms with van der Waals surface area (Å²) < 4.78 is 0. The van der Waals surface area contributed by atoms with Crippen LogP contribution in [0.3, 0.4) is 0 Å². The number of nitrogens with zero attached hydrogens (tertiary/aromatic N) is 1. The van der Waals surface area contributed by atoms with Crippen molar-refractivity contribution in [1.82, 2.24) is 9.97 Å². The SMILES string of the molecule is CCCC[C@@H](N)c1nc2ccccc2[nH]1. The molecule has 0 aliphatic carbocycles. The van der Waals surface area contributed by atoms with E-state index in [0.29, 0.717) is 0 Å². The Morgan fingerprint density at radius 3 is 2.93 bits per heavy atom. The maximum absolute atomic E-state index is 6.05. The molecule has 1 aromatic carbocycles. The van der Waals surface area contributed by atoms with Gasteiger partial charge in [-0.3, -0.25) is 0 Å². The van der Waals surface area contributed by atoms with Crippen LogP contribution >= 0.6 is 0 Å². The standard InChI is InChI=1S/C12H17N3/c1-2-3-6-9(13)12-14-10-7-4-5-8-11(10)15-12/h4-5,7-9H,2-3,6,13H2,1H3,(H,14,15)/t9-/m1/s1. The largest absolute Gasteiger partial charge is 0.341 e. The van der Waals surface area contributed by atoms with Crippen LogP contribution in [0.5, 0.6) is 0 Å². The van der Waals surface area contributed by atoms with Gasteiger partial charge in [0.15, 0.2) is 0 Å². The third-order valence-electron chi connectivity index (χ3n) is 2.63. The number of hydrogen-bond donors (Lipinski definition) is 2. The molecule has 0 spiro atoms. The minimum absolute atomic E-state index is 0.0392. The van der Waals surface area contributed by atoms with E-state index in [1.165, 1.54) is 6.42 Å². The smallest absolute Gasteiger partial charge is 0.124 e. The molecule has 3 nitrogen and oxygen atoms in total. The summed E-state index contributed by atoms with van der Waals surface area (Å²) in [6.07, 6.45) is 3.32. The fraction of sp³-hybridized carbons (Fsp3) is 0.417. The van der Waals surface area contributed by atoms with E-state index in [2.05, 4.69) is 16.9 Å². The van der Waals surface area contributed by atoms with Gasteiger partial charge in [0.25, 0.3) is 0 Å². The zero-order chi connectivity index (χ0) is 10.7. The molecule has 1 atom stereocenters. The number of para-hydroxylation sites is 2. The van der Waals surface area contributed by atoms with E-state index in [1.54, 1.807) is 0 Å². The second kappa shape index (κ2) is 4.45. The van der Waals surface area contributed by atoms with E-state index in [0.717, 1.165) is 29.7 Å². The highest BCUT2D eigenvalue weighted by Crippen LogP contribution is 2.17. The molecule has 0 aliphatic heterocycles. The summed E-state index contributed by atoms with van der Waals surface area (Å²) in [5.74, 6) is 0.907. The minimum atomic E-state index is 0.0392. The van der Waals surface area contributed by atoms with Crippen molar-refractivity contribution < 1.29 is 0 Å². The molecule has 0 aliphatic rings. The Hall–Kier alpha value is -1.35. The third kappa shape index (κ3) is 2.18. The van der Waals surface area contributed by atoms with E-state index in [1.807, 2.05) is 24.3 Å². The zero-order valence-electron chi connectivity index (χ0n) is 9.03. The van der Waals surface area contributed by atoms with Crippen molar-refractivity contribution in [3.63, 3.8) is 0 Å². The molecule has 15 heavy (non-hydrogen) atoms. The molecular formula is C12H17N3. The molecular weight excluding hydrogens is 186 g/mol. The zero-order valence-corrected chi connectivity index (χ0v) is 9.03. The first-order valence-electron chi connectivity index (χ1n) is 5.51. The van der Waals surface area contributed by atoms with Gasteiger partial charge >= 0.3 is 0 Å². The molecule has 80 valence electrons. The van der Waals surface area contributed by atoms with Crippen molar-refractivity contribution in [3.05, 3.63) is 30.1 Å². The number of nitrogens with two attached hydrogens (primary N) is 1. The topological polar surface area (TPSA) is 54.7 Å². The van der Waals surface area contributed by atoms with Gasteiger partial charge in [-0.05, 0) is 18.6 Å². The van der Waals surface area contributed by atoms with Crippen LogP contribution in [0.1, 0.15) is 38.1 Å². The van der Waals surface area contributed by atoms with Gasteiger partial charge in [0.1, 0.15) is 5.82 Å². The first kappa shape index (κ1) is 10.2. The van der Waals surface area contributed by atoms with Crippen LogP contribution in [0.4, 0.5) is 0 Å². The average molecular weight is 203 g/mol. The van der Waals surface area contributed by atoms with Gasteiger partial charge < -0.3 is 10.7 Å². The van der Waals surface area contributed by atoms with Crippen LogP contribution in [0.25, 0.3) is 11.0 Å². The molecule has 3 heteroatoms. The van der Waals surface area contributed by atoms with Gasteiger partial charge in [-0.1, -0.05) is 31.9 Å². The highest BCUT2D eigenvalue weighted by molar-refractivity contribution is 5.74. The molecule has 3 N–H and O–H groups in total. The van der Waals surface area contributed by atoms with Crippen LogP contribution < -0.4 is 5.73 Å². The quantitative estimate of drug-likeness (QED) is 0.802. The summed E-state index contributed by atoms with van der Waals surface area (Å²) in [5, 5.41) is 0. The second-order valence-corrected chi connectivity index (χ2v) is 3.89. The Morgan fingerprint density at radius 2 is 2.20 bits per heavy atom. The van der Waals surface area contributed by atoms with Crippen LogP contribution in [0.2, 0.25) is 0 Å². The number of unbranched alkanes of at least 4 members (excludes halogenated alkanes) is 1.